The van der Waals surface area contributed by atoms with Crippen LogP contribution in [0.4, 0.5) is 0 Å². The number of hydrogen-bond donors (Lipinski definition) is 2. The Balaban J connectivity index is 1.45. The van der Waals surface area contributed by atoms with Gasteiger partial charge in [-0.3, -0.25) is 0 Å². The van der Waals surface area contributed by atoms with Gasteiger partial charge < -0.3 is 15.1 Å². The summed E-state index contributed by atoms with van der Waals surface area (Å²) in [6.07, 6.45) is 16.7. The molecule has 0 bridgehead atoms. The summed E-state index contributed by atoms with van der Waals surface area (Å²) in [5.41, 5.74) is 3.32. The van der Waals surface area contributed by atoms with Crippen LogP contribution in [0.3, 0.4) is 0 Å². The van der Waals surface area contributed by atoms with Crippen molar-refractivity contribution in [2.24, 2.45) is 23.2 Å². The third-order valence-corrected chi connectivity index (χ3v) is 9.26. The van der Waals surface area contributed by atoms with Gasteiger partial charge in [0, 0.05) is 12.6 Å². The van der Waals surface area contributed by atoms with Gasteiger partial charge in [-0.25, -0.2) is 0 Å². The number of rotatable bonds is 4. The van der Waals surface area contributed by atoms with E-state index in [9.17, 15) is 10.2 Å². The van der Waals surface area contributed by atoms with Crippen molar-refractivity contribution in [1.82, 2.24) is 4.90 Å². The zero-order valence-electron chi connectivity index (χ0n) is 19.7. The highest BCUT2D eigenvalue weighted by Crippen LogP contribution is 2.59. The first-order valence-electron chi connectivity index (χ1n) is 12.9. The van der Waals surface area contributed by atoms with Crippen LogP contribution in [0.5, 0.6) is 0 Å². The normalized spacial score (nSPS) is 42.9. The van der Waals surface area contributed by atoms with Gasteiger partial charge in [-0.05, 0) is 101 Å². The third kappa shape index (κ3) is 4.74. The Hall–Kier alpha value is -0.640. The Kier molecular flexibility index (Phi) is 7.11. The van der Waals surface area contributed by atoms with E-state index in [4.69, 9.17) is 0 Å². The number of likely N-dealkylation sites (tertiary alicyclic amines) is 1. The molecule has 0 spiro atoms. The summed E-state index contributed by atoms with van der Waals surface area (Å²) < 4.78 is 0. The van der Waals surface area contributed by atoms with Crippen molar-refractivity contribution in [3.63, 3.8) is 0 Å². The summed E-state index contributed by atoms with van der Waals surface area (Å²) >= 11 is 0. The van der Waals surface area contributed by atoms with Gasteiger partial charge in [-0.15, -0.1) is 0 Å². The number of hydrogen-bond acceptors (Lipinski definition) is 3. The summed E-state index contributed by atoms with van der Waals surface area (Å²) in [6.45, 7) is 10.1. The number of fused-ring (bicyclic) bond motifs is 1. The number of aliphatic hydroxyl groups is 2. The number of allylic oxidation sites excluding steroid dienone is 3. The molecule has 3 saturated carbocycles. The monoisotopic (exact) mass is 415 g/mol. The molecule has 4 aliphatic rings. The zero-order chi connectivity index (χ0) is 21.3. The van der Waals surface area contributed by atoms with E-state index in [1.54, 1.807) is 5.57 Å². The van der Waals surface area contributed by atoms with Crippen LogP contribution in [0.25, 0.3) is 0 Å². The Bertz CT molecular complexity index is 643. The fraction of sp³-hybridized carbons (Fsp3) is 0.852. The van der Waals surface area contributed by atoms with Gasteiger partial charge in [0.05, 0.1) is 12.2 Å². The lowest BCUT2D eigenvalue weighted by Gasteiger charge is -2.46. The van der Waals surface area contributed by atoms with Gasteiger partial charge in [0.2, 0.25) is 0 Å². The molecule has 3 aliphatic carbocycles. The molecule has 0 radical (unpaired) electrons. The molecule has 3 nitrogen and oxygen atoms in total. The Morgan fingerprint density at radius 2 is 1.83 bits per heavy atom. The molecule has 0 aromatic heterocycles. The lowest BCUT2D eigenvalue weighted by molar-refractivity contribution is 0.0594. The third-order valence-electron chi connectivity index (χ3n) is 9.26. The minimum absolute atomic E-state index is 0.371. The smallest absolute Gasteiger partial charge is 0.0602 e. The van der Waals surface area contributed by atoms with Crippen molar-refractivity contribution in [2.75, 3.05) is 13.1 Å². The molecular formula is C27H45NO2. The van der Waals surface area contributed by atoms with Crippen molar-refractivity contribution < 1.29 is 10.2 Å². The van der Waals surface area contributed by atoms with Crippen LogP contribution in [0.15, 0.2) is 23.3 Å². The van der Waals surface area contributed by atoms with E-state index in [0.717, 1.165) is 36.6 Å². The minimum atomic E-state index is -0.371. The highest BCUT2D eigenvalue weighted by Gasteiger charge is 2.50. The molecule has 1 aliphatic heterocycles. The van der Waals surface area contributed by atoms with Crippen LogP contribution in [0.1, 0.15) is 91.4 Å². The van der Waals surface area contributed by atoms with Gasteiger partial charge in [0.15, 0.2) is 0 Å². The average molecular weight is 416 g/mol. The molecule has 4 fully saturated rings. The second-order valence-electron chi connectivity index (χ2n) is 11.4. The van der Waals surface area contributed by atoms with Gasteiger partial charge in [0.1, 0.15) is 0 Å². The van der Waals surface area contributed by atoms with Crippen molar-refractivity contribution in [1.29, 1.82) is 0 Å². The molecule has 0 aromatic rings. The molecule has 4 rings (SSSR count). The summed E-state index contributed by atoms with van der Waals surface area (Å²) in [7, 11) is 0. The van der Waals surface area contributed by atoms with E-state index in [0.29, 0.717) is 11.8 Å². The molecule has 170 valence electrons. The molecule has 30 heavy (non-hydrogen) atoms. The van der Waals surface area contributed by atoms with Crippen LogP contribution in [0.2, 0.25) is 0 Å². The van der Waals surface area contributed by atoms with E-state index >= 15 is 0 Å². The Labute approximate surface area is 184 Å². The molecule has 0 amide bonds. The first-order valence-corrected chi connectivity index (χ1v) is 12.9. The van der Waals surface area contributed by atoms with Crippen molar-refractivity contribution in [3.8, 4) is 0 Å². The molecular weight excluding hydrogens is 370 g/mol. The highest BCUT2D eigenvalue weighted by molar-refractivity contribution is 5.26. The molecule has 7 atom stereocenters. The summed E-state index contributed by atoms with van der Waals surface area (Å²) in [4.78, 5) is 2.77. The van der Waals surface area contributed by atoms with E-state index in [2.05, 4.69) is 37.8 Å². The first-order chi connectivity index (χ1) is 14.4. The van der Waals surface area contributed by atoms with Crippen LogP contribution in [-0.4, -0.2) is 46.5 Å². The molecule has 2 N–H and O–H groups in total. The van der Waals surface area contributed by atoms with E-state index in [1.807, 2.05) is 0 Å². The molecule has 0 unspecified atom stereocenters. The molecule has 0 aromatic carbocycles. The molecule has 3 heteroatoms. The topological polar surface area (TPSA) is 43.7 Å². The van der Waals surface area contributed by atoms with Crippen molar-refractivity contribution >= 4 is 0 Å². The van der Waals surface area contributed by atoms with Gasteiger partial charge in [-0.2, -0.15) is 0 Å². The number of piperidine rings is 1. The number of nitrogens with zero attached hydrogens (tertiary/aromatic N) is 1. The summed E-state index contributed by atoms with van der Waals surface area (Å²) in [5, 5.41) is 20.0. The van der Waals surface area contributed by atoms with E-state index < -0.39 is 0 Å². The predicted octanol–water partition coefficient (Wildman–Crippen LogP) is 5.47. The minimum Gasteiger partial charge on any atom is -0.393 e. The Morgan fingerprint density at radius 3 is 2.57 bits per heavy atom. The van der Waals surface area contributed by atoms with Crippen LogP contribution in [0, 0.1) is 23.2 Å². The fourth-order valence-electron chi connectivity index (χ4n) is 7.67. The predicted molar refractivity (Wildman–Crippen MR) is 124 cm³/mol. The summed E-state index contributed by atoms with van der Waals surface area (Å²) in [6, 6.07) is 0.765. The maximum atomic E-state index is 10.0. The largest absolute Gasteiger partial charge is 0.393 e. The first kappa shape index (κ1) is 22.6. The van der Waals surface area contributed by atoms with Crippen LogP contribution >= 0.6 is 0 Å². The second kappa shape index (κ2) is 9.46. The maximum Gasteiger partial charge on any atom is 0.0602 e. The van der Waals surface area contributed by atoms with Gasteiger partial charge in [0.25, 0.3) is 0 Å². The van der Waals surface area contributed by atoms with Crippen LogP contribution in [-0.2, 0) is 0 Å². The second-order valence-corrected chi connectivity index (χ2v) is 11.4. The van der Waals surface area contributed by atoms with Crippen molar-refractivity contribution in [2.45, 2.75) is 110 Å². The van der Waals surface area contributed by atoms with Gasteiger partial charge in [-0.1, -0.05) is 43.6 Å². The fourth-order valence-corrected chi connectivity index (χ4v) is 7.67. The van der Waals surface area contributed by atoms with E-state index in [-0.39, 0.29) is 12.2 Å². The zero-order valence-corrected chi connectivity index (χ0v) is 19.7. The quantitative estimate of drug-likeness (QED) is 0.640. The molecule has 1 heterocycles. The van der Waals surface area contributed by atoms with E-state index in [1.165, 1.54) is 70.0 Å². The average Bonchev–Trinajstić information content (AvgIpc) is 3.05. The lowest BCUT2D eigenvalue weighted by atomic mass is 9.61. The number of aliphatic hydroxyl groups excluding tert-OH is 2. The highest BCUT2D eigenvalue weighted by atomic mass is 16.3. The maximum absolute atomic E-state index is 10.0. The van der Waals surface area contributed by atoms with Gasteiger partial charge >= 0.3 is 0 Å². The Morgan fingerprint density at radius 1 is 1.07 bits per heavy atom. The van der Waals surface area contributed by atoms with Crippen molar-refractivity contribution in [3.05, 3.63) is 23.3 Å². The molecule has 1 saturated heterocycles. The standard InChI is InChI=1S/C27H45NO2/c1-19(18-28-14-5-4-7-20(28)2)25-11-12-26-22(8-6-13-27(25,26)3)10-9-21-15-23(29)17-24(30)16-21/h9-10,19-20,23-26,29-30H,4-8,11-18H2,1-3H3/b22-10+/t19-,20+,23-,24-,25-,26+,27-/m1/s1. The lowest BCUT2D eigenvalue weighted by Crippen LogP contribution is -2.44. The SMILES string of the molecule is C[C@H](CN1CCCC[C@@H]1C)[C@H]1CC[C@H]2/C(=C/C=C3C[C@@H](O)C[C@H](O)C3)CCC[C@]12C. The summed E-state index contributed by atoms with van der Waals surface area (Å²) in [5.74, 6) is 2.35. The van der Waals surface area contributed by atoms with Crippen LogP contribution < -0.4 is 0 Å².